The number of sulfonamides is 1. The summed E-state index contributed by atoms with van der Waals surface area (Å²) in [4.78, 5) is 14.4. The standard InChI is InChI=1S/C31H41NO9SSi/c1-17-10-12-18(13-11-17)42(34,35)32-24-23(19-14-21-22(38-16-37-21)15-20(19)29(32)33)25(36-7)28(41-43(8,9)30(2,3)4)27-26(24)39-31(5,6)40-27/h10-15,23-28H,16H2,1-9H3/t23-,24-,25-,26+,27+,28+/m1/s1. The maximum Gasteiger partial charge on any atom is 0.268 e. The molecule has 4 aliphatic rings. The summed E-state index contributed by atoms with van der Waals surface area (Å²) in [5.41, 5.74) is 1.72. The third-order valence-corrected chi connectivity index (χ3v) is 15.8. The summed E-state index contributed by atoms with van der Waals surface area (Å²) in [6, 6.07) is 8.85. The molecule has 0 N–H and O–H groups in total. The SMILES string of the molecule is CO[C@H]1[C@H](O[Si](C)(C)C(C)(C)C)[C@H]2OC(C)(C)O[C@H]2[C@H]2[C@H]1c1cc3c(cc1C(=O)N2S(=O)(=O)c1ccc(C)cc1)OCO3. The second kappa shape index (κ2) is 10.0. The van der Waals surface area contributed by atoms with Crippen molar-refractivity contribution in [3.8, 4) is 11.5 Å². The Morgan fingerprint density at radius 1 is 0.977 bits per heavy atom. The number of hydrogen-bond donors (Lipinski definition) is 0. The van der Waals surface area contributed by atoms with Gasteiger partial charge in [0.2, 0.25) is 6.79 Å². The quantitative estimate of drug-likeness (QED) is 0.423. The lowest BCUT2D eigenvalue weighted by atomic mass is 9.70. The van der Waals surface area contributed by atoms with E-state index < -0.39 is 66.4 Å². The zero-order valence-electron chi connectivity index (χ0n) is 26.2. The van der Waals surface area contributed by atoms with Gasteiger partial charge in [-0.25, -0.2) is 12.7 Å². The molecular formula is C31H41NO9SSi. The van der Waals surface area contributed by atoms with E-state index >= 15 is 0 Å². The number of hydrogen-bond acceptors (Lipinski definition) is 9. The maximum atomic E-state index is 14.5. The van der Waals surface area contributed by atoms with Gasteiger partial charge >= 0.3 is 0 Å². The lowest BCUT2D eigenvalue weighted by Gasteiger charge is -2.54. The van der Waals surface area contributed by atoms with Gasteiger partial charge in [0.05, 0.1) is 17.0 Å². The fourth-order valence-corrected chi connectivity index (χ4v) is 9.36. The molecule has 1 saturated heterocycles. The zero-order valence-corrected chi connectivity index (χ0v) is 28.0. The molecule has 234 valence electrons. The van der Waals surface area contributed by atoms with Crippen LogP contribution < -0.4 is 9.47 Å². The number of methoxy groups -OCH3 is 1. The Labute approximate surface area is 254 Å². The van der Waals surface area contributed by atoms with Crippen molar-refractivity contribution in [2.75, 3.05) is 13.9 Å². The number of nitrogens with zero attached hydrogens (tertiary/aromatic N) is 1. The average molecular weight is 632 g/mol. The van der Waals surface area contributed by atoms with Crippen molar-refractivity contribution in [3.63, 3.8) is 0 Å². The van der Waals surface area contributed by atoms with Gasteiger partial charge in [-0.3, -0.25) is 4.79 Å². The summed E-state index contributed by atoms with van der Waals surface area (Å²) < 4.78 is 67.6. The van der Waals surface area contributed by atoms with Crippen molar-refractivity contribution in [3.05, 3.63) is 53.1 Å². The summed E-state index contributed by atoms with van der Waals surface area (Å²) >= 11 is 0. The summed E-state index contributed by atoms with van der Waals surface area (Å²) in [5.74, 6) is -1.50. The Bertz CT molecular complexity index is 1550. The highest BCUT2D eigenvalue weighted by Crippen LogP contribution is 2.54. The van der Waals surface area contributed by atoms with E-state index in [9.17, 15) is 13.2 Å². The zero-order chi connectivity index (χ0) is 31.3. The Kier molecular flexibility index (Phi) is 7.11. The van der Waals surface area contributed by atoms with Crippen LogP contribution in [0.25, 0.3) is 0 Å². The number of rotatable bonds is 5. The third kappa shape index (κ3) is 4.81. The van der Waals surface area contributed by atoms with Crippen LogP contribution in [0.3, 0.4) is 0 Å². The van der Waals surface area contributed by atoms with Crippen molar-refractivity contribution in [1.82, 2.24) is 4.31 Å². The van der Waals surface area contributed by atoms with Crippen molar-refractivity contribution in [1.29, 1.82) is 0 Å². The molecule has 43 heavy (non-hydrogen) atoms. The summed E-state index contributed by atoms with van der Waals surface area (Å²) in [7, 11) is -5.17. The van der Waals surface area contributed by atoms with Crippen molar-refractivity contribution in [2.45, 2.75) is 107 Å². The minimum atomic E-state index is -4.35. The highest BCUT2D eigenvalue weighted by Gasteiger charge is 2.66. The van der Waals surface area contributed by atoms with Gasteiger partial charge in [-0.15, -0.1) is 0 Å². The van der Waals surface area contributed by atoms with Crippen LogP contribution in [-0.2, 0) is 28.7 Å². The second-order valence-electron chi connectivity index (χ2n) is 13.8. The number of carbonyl (C=O) groups is 1. The van der Waals surface area contributed by atoms with E-state index in [1.807, 2.05) is 6.92 Å². The molecule has 0 unspecified atom stereocenters. The molecule has 1 amide bonds. The van der Waals surface area contributed by atoms with Gasteiger partial charge in [0.15, 0.2) is 25.6 Å². The number of benzene rings is 2. The monoisotopic (exact) mass is 631 g/mol. The molecular weight excluding hydrogens is 590 g/mol. The van der Waals surface area contributed by atoms with Crippen LogP contribution in [0.2, 0.25) is 18.1 Å². The predicted molar refractivity (Wildman–Crippen MR) is 160 cm³/mol. The fourth-order valence-electron chi connectivity index (χ4n) is 6.46. The van der Waals surface area contributed by atoms with Crippen molar-refractivity contribution < 1.29 is 41.3 Å². The van der Waals surface area contributed by atoms with Gasteiger partial charge < -0.3 is 28.1 Å². The summed E-state index contributed by atoms with van der Waals surface area (Å²) in [5, 5.41) is -0.125. The Hall–Kier alpha value is -2.48. The van der Waals surface area contributed by atoms with Crippen LogP contribution in [0.5, 0.6) is 11.5 Å². The maximum absolute atomic E-state index is 14.5. The first kappa shape index (κ1) is 30.5. The molecule has 6 atom stereocenters. The van der Waals surface area contributed by atoms with Crippen LogP contribution in [0.15, 0.2) is 41.3 Å². The van der Waals surface area contributed by atoms with Gasteiger partial charge in [-0.2, -0.15) is 0 Å². The second-order valence-corrected chi connectivity index (χ2v) is 20.4. The summed E-state index contributed by atoms with van der Waals surface area (Å²) in [6.45, 7) is 16.3. The van der Waals surface area contributed by atoms with Gasteiger partial charge in [0.25, 0.3) is 15.9 Å². The molecule has 3 heterocycles. The molecule has 0 aromatic heterocycles. The van der Waals surface area contributed by atoms with E-state index in [0.29, 0.717) is 17.1 Å². The molecule has 1 saturated carbocycles. The Morgan fingerprint density at radius 3 is 2.19 bits per heavy atom. The van der Waals surface area contributed by atoms with Crippen LogP contribution in [-0.4, -0.2) is 77.1 Å². The van der Waals surface area contributed by atoms with Crippen molar-refractivity contribution >= 4 is 24.2 Å². The lowest BCUT2D eigenvalue weighted by molar-refractivity contribution is -0.160. The minimum absolute atomic E-state index is 0.00649. The Morgan fingerprint density at radius 2 is 1.58 bits per heavy atom. The number of amides is 1. The van der Waals surface area contributed by atoms with Crippen LogP contribution in [0, 0.1) is 6.92 Å². The number of carbonyl (C=O) groups excluding carboxylic acids is 1. The normalized spacial score (nSPS) is 29.7. The molecule has 2 fully saturated rings. The smallest absolute Gasteiger partial charge is 0.268 e. The average Bonchev–Trinajstić information content (AvgIpc) is 3.50. The minimum Gasteiger partial charge on any atom is -0.454 e. The van der Waals surface area contributed by atoms with Gasteiger partial charge in [-0.05, 0) is 68.7 Å². The first-order chi connectivity index (χ1) is 20.0. The predicted octanol–water partition coefficient (Wildman–Crippen LogP) is 4.96. The molecule has 2 aromatic rings. The molecule has 0 bridgehead atoms. The molecule has 2 aromatic carbocycles. The first-order valence-electron chi connectivity index (χ1n) is 14.6. The Balaban J connectivity index is 1.59. The molecule has 1 aliphatic carbocycles. The van der Waals surface area contributed by atoms with Gasteiger partial charge in [-0.1, -0.05) is 38.5 Å². The molecule has 6 rings (SSSR count). The lowest BCUT2D eigenvalue weighted by Crippen LogP contribution is -2.69. The third-order valence-electron chi connectivity index (χ3n) is 9.56. The van der Waals surface area contributed by atoms with Crippen LogP contribution in [0.1, 0.15) is 62.0 Å². The number of fused-ring (bicyclic) bond motifs is 6. The number of aryl methyl sites for hydroxylation is 1. The van der Waals surface area contributed by atoms with Gasteiger partial charge in [0, 0.05) is 18.6 Å². The topological polar surface area (TPSA) is 110 Å². The van der Waals surface area contributed by atoms with E-state index in [-0.39, 0.29) is 22.3 Å². The van der Waals surface area contributed by atoms with E-state index in [4.69, 9.17) is 28.1 Å². The summed E-state index contributed by atoms with van der Waals surface area (Å²) in [6.07, 6.45) is -2.81. The van der Waals surface area contributed by atoms with E-state index in [1.165, 1.54) is 12.1 Å². The van der Waals surface area contributed by atoms with E-state index in [0.717, 1.165) is 9.87 Å². The largest absolute Gasteiger partial charge is 0.454 e. The van der Waals surface area contributed by atoms with E-state index in [1.54, 1.807) is 45.2 Å². The molecule has 0 spiro atoms. The highest BCUT2D eigenvalue weighted by molar-refractivity contribution is 7.89. The first-order valence-corrected chi connectivity index (χ1v) is 19.0. The van der Waals surface area contributed by atoms with Crippen molar-refractivity contribution in [2.24, 2.45) is 0 Å². The van der Waals surface area contributed by atoms with Crippen LogP contribution in [0.4, 0.5) is 0 Å². The van der Waals surface area contributed by atoms with Crippen LogP contribution >= 0.6 is 0 Å². The number of ether oxygens (including phenoxy) is 5. The van der Waals surface area contributed by atoms with Gasteiger partial charge in [0.1, 0.15) is 18.3 Å². The fraction of sp³-hybridized carbons (Fsp3) is 0.581. The highest BCUT2D eigenvalue weighted by atomic mass is 32.2. The molecule has 3 aliphatic heterocycles. The van der Waals surface area contributed by atoms with E-state index in [2.05, 4.69) is 33.9 Å². The molecule has 0 radical (unpaired) electrons. The molecule has 10 nitrogen and oxygen atoms in total. The molecule has 12 heteroatoms.